The maximum absolute atomic E-state index is 12.5. The third kappa shape index (κ3) is 3.21. The number of esters is 1. The smallest absolute Gasteiger partial charge is 0.340 e. The van der Waals surface area contributed by atoms with Gasteiger partial charge in [0, 0.05) is 10.8 Å². The lowest BCUT2D eigenvalue weighted by atomic mass is 10.1. The lowest BCUT2D eigenvalue weighted by Crippen LogP contribution is -2.09. The maximum Gasteiger partial charge on any atom is 0.340 e. The fourth-order valence-corrected chi connectivity index (χ4v) is 3.25. The van der Waals surface area contributed by atoms with Gasteiger partial charge in [0.2, 0.25) is 5.82 Å². The van der Waals surface area contributed by atoms with Gasteiger partial charge in [0.1, 0.15) is 0 Å². The minimum absolute atomic E-state index is 0.0578. The molecule has 1 aromatic carbocycles. The Hall–Kier alpha value is -3.06. The predicted octanol–water partition coefficient (Wildman–Crippen LogP) is 4.32. The van der Waals surface area contributed by atoms with Crippen molar-refractivity contribution in [2.45, 2.75) is 20.5 Å². The van der Waals surface area contributed by atoms with Crippen LogP contribution in [0.15, 0.2) is 45.6 Å². The van der Waals surface area contributed by atoms with Gasteiger partial charge in [-0.2, -0.15) is 16.3 Å². The monoisotopic (exact) mass is 365 g/mol. The molecule has 3 aromatic heterocycles. The number of hydrogen-bond donors (Lipinski definition) is 0. The fraction of sp³-hybridized carbons (Fsp3) is 0.158. The number of aryl methyl sites for hydroxylation is 2. The summed E-state index contributed by atoms with van der Waals surface area (Å²) in [6.45, 7) is 3.73. The van der Waals surface area contributed by atoms with Crippen molar-refractivity contribution >= 4 is 28.2 Å². The minimum atomic E-state index is -0.458. The molecule has 0 N–H and O–H groups in total. The molecule has 7 heteroatoms. The number of nitrogens with zero attached hydrogens (tertiary/aromatic N) is 3. The Morgan fingerprint density at radius 1 is 1.19 bits per heavy atom. The third-order valence-corrected chi connectivity index (χ3v) is 4.63. The van der Waals surface area contributed by atoms with Crippen LogP contribution in [0.5, 0.6) is 0 Å². The van der Waals surface area contributed by atoms with Crippen molar-refractivity contribution in [3.63, 3.8) is 0 Å². The SMILES string of the molecule is Cc1ccc2nc(C)c(C(=O)OCc3noc(-c4ccsc4)n3)cc2c1. The summed E-state index contributed by atoms with van der Waals surface area (Å²) >= 11 is 1.54. The predicted molar refractivity (Wildman–Crippen MR) is 97.9 cm³/mol. The van der Waals surface area contributed by atoms with Gasteiger partial charge in [0.05, 0.1) is 22.3 Å². The molecule has 6 nitrogen and oxygen atoms in total. The van der Waals surface area contributed by atoms with E-state index >= 15 is 0 Å². The van der Waals surface area contributed by atoms with Gasteiger partial charge >= 0.3 is 5.97 Å². The highest BCUT2D eigenvalue weighted by Gasteiger charge is 2.16. The van der Waals surface area contributed by atoms with E-state index in [9.17, 15) is 4.79 Å². The van der Waals surface area contributed by atoms with Crippen LogP contribution < -0.4 is 0 Å². The van der Waals surface area contributed by atoms with Crippen LogP contribution in [0.3, 0.4) is 0 Å². The number of carbonyl (C=O) groups excluding carboxylic acids is 1. The normalized spacial score (nSPS) is 11.0. The average Bonchev–Trinajstić information content (AvgIpc) is 3.30. The van der Waals surface area contributed by atoms with Gasteiger partial charge in [-0.25, -0.2) is 4.79 Å². The van der Waals surface area contributed by atoms with Crippen LogP contribution in [0.25, 0.3) is 22.4 Å². The van der Waals surface area contributed by atoms with E-state index in [0.29, 0.717) is 23.0 Å². The van der Waals surface area contributed by atoms with Crippen LogP contribution in [0.4, 0.5) is 0 Å². The highest BCUT2D eigenvalue weighted by Crippen LogP contribution is 2.21. The first-order chi connectivity index (χ1) is 12.6. The summed E-state index contributed by atoms with van der Waals surface area (Å²) in [5.74, 6) is 0.276. The number of benzene rings is 1. The van der Waals surface area contributed by atoms with Crippen LogP contribution in [-0.4, -0.2) is 21.1 Å². The van der Waals surface area contributed by atoms with Crippen LogP contribution in [0.1, 0.15) is 27.4 Å². The van der Waals surface area contributed by atoms with E-state index in [-0.39, 0.29) is 6.61 Å². The second-order valence-corrected chi connectivity index (χ2v) is 6.70. The molecule has 0 aliphatic heterocycles. The topological polar surface area (TPSA) is 78.1 Å². The van der Waals surface area contributed by atoms with Gasteiger partial charge in [-0.1, -0.05) is 16.8 Å². The van der Waals surface area contributed by atoms with E-state index in [1.54, 1.807) is 24.3 Å². The first-order valence-corrected chi connectivity index (χ1v) is 8.95. The molecule has 0 fully saturated rings. The van der Waals surface area contributed by atoms with E-state index in [1.165, 1.54) is 0 Å². The molecule has 0 spiro atoms. The molecule has 0 amide bonds. The maximum atomic E-state index is 12.5. The first-order valence-electron chi connectivity index (χ1n) is 8.00. The standard InChI is InChI=1S/C19H15N3O3S/c1-11-3-4-16-14(7-11)8-15(12(2)20-16)19(23)24-9-17-21-18(25-22-17)13-5-6-26-10-13/h3-8,10H,9H2,1-2H3. The Bertz CT molecular complexity index is 1090. The van der Waals surface area contributed by atoms with Crippen molar-refractivity contribution in [1.29, 1.82) is 0 Å². The van der Waals surface area contributed by atoms with E-state index in [4.69, 9.17) is 9.26 Å². The number of fused-ring (bicyclic) bond motifs is 1. The largest absolute Gasteiger partial charge is 0.454 e. The molecule has 0 saturated carbocycles. The van der Waals surface area contributed by atoms with E-state index in [2.05, 4.69) is 15.1 Å². The Balaban J connectivity index is 1.51. The molecule has 0 unspecified atom stereocenters. The lowest BCUT2D eigenvalue weighted by molar-refractivity contribution is 0.0458. The summed E-state index contributed by atoms with van der Waals surface area (Å²) < 4.78 is 10.5. The van der Waals surface area contributed by atoms with Gasteiger partial charge < -0.3 is 9.26 Å². The quantitative estimate of drug-likeness (QED) is 0.501. The fourth-order valence-electron chi connectivity index (χ4n) is 2.62. The number of ether oxygens (including phenoxy) is 1. The number of hydrogen-bond acceptors (Lipinski definition) is 7. The molecular formula is C19H15N3O3S. The summed E-state index contributed by atoms with van der Waals surface area (Å²) in [5.41, 5.74) is 3.87. The van der Waals surface area contributed by atoms with Crippen molar-refractivity contribution in [1.82, 2.24) is 15.1 Å². The van der Waals surface area contributed by atoms with Crippen LogP contribution in [0.2, 0.25) is 0 Å². The van der Waals surface area contributed by atoms with Crippen LogP contribution in [0, 0.1) is 13.8 Å². The summed E-state index contributed by atoms with van der Waals surface area (Å²) in [6, 6.07) is 9.62. The molecular weight excluding hydrogens is 350 g/mol. The molecule has 3 heterocycles. The van der Waals surface area contributed by atoms with Crippen molar-refractivity contribution in [2.75, 3.05) is 0 Å². The number of thiophene rings is 1. The van der Waals surface area contributed by atoms with Crippen molar-refractivity contribution in [3.8, 4) is 11.5 Å². The van der Waals surface area contributed by atoms with E-state index < -0.39 is 5.97 Å². The van der Waals surface area contributed by atoms with Gasteiger partial charge in [-0.05, 0) is 43.5 Å². The van der Waals surface area contributed by atoms with Crippen LogP contribution >= 0.6 is 11.3 Å². The number of pyridine rings is 1. The molecule has 0 radical (unpaired) electrons. The number of aromatic nitrogens is 3. The molecule has 0 atom stereocenters. The Labute approximate surface area is 153 Å². The zero-order valence-electron chi connectivity index (χ0n) is 14.2. The lowest BCUT2D eigenvalue weighted by Gasteiger charge is -2.07. The first kappa shape index (κ1) is 16.4. The summed E-state index contributed by atoms with van der Waals surface area (Å²) in [6.07, 6.45) is 0. The summed E-state index contributed by atoms with van der Waals surface area (Å²) in [4.78, 5) is 21.2. The molecule has 0 bridgehead atoms. The zero-order chi connectivity index (χ0) is 18.1. The molecule has 4 aromatic rings. The molecule has 130 valence electrons. The molecule has 0 aliphatic rings. The number of carbonyl (C=O) groups is 1. The number of rotatable bonds is 4. The molecule has 4 rings (SSSR count). The van der Waals surface area contributed by atoms with Crippen molar-refractivity contribution < 1.29 is 14.1 Å². The summed E-state index contributed by atoms with van der Waals surface area (Å²) in [5, 5.41) is 8.59. The highest BCUT2D eigenvalue weighted by atomic mass is 32.1. The molecule has 26 heavy (non-hydrogen) atoms. The summed E-state index contributed by atoms with van der Waals surface area (Å²) in [7, 11) is 0. The van der Waals surface area contributed by atoms with Gasteiger partial charge in [0.15, 0.2) is 6.61 Å². The van der Waals surface area contributed by atoms with Crippen molar-refractivity contribution in [2.24, 2.45) is 0 Å². The molecule has 0 aliphatic carbocycles. The van der Waals surface area contributed by atoms with E-state index in [1.807, 2.05) is 41.9 Å². The Morgan fingerprint density at radius 2 is 2.08 bits per heavy atom. The minimum Gasteiger partial charge on any atom is -0.454 e. The average molecular weight is 365 g/mol. The van der Waals surface area contributed by atoms with E-state index in [0.717, 1.165) is 22.0 Å². The Morgan fingerprint density at radius 3 is 2.88 bits per heavy atom. The second-order valence-electron chi connectivity index (χ2n) is 5.92. The molecule has 0 saturated heterocycles. The van der Waals surface area contributed by atoms with Crippen molar-refractivity contribution in [3.05, 3.63) is 63.7 Å². The van der Waals surface area contributed by atoms with Gasteiger partial charge in [-0.3, -0.25) is 4.98 Å². The van der Waals surface area contributed by atoms with Crippen LogP contribution in [-0.2, 0) is 11.3 Å². The zero-order valence-corrected chi connectivity index (χ0v) is 15.0. The second kappa shape index (κ2) is 6.68. The third-order valence-electron chi connectivity index (χ3n) is 3.95. The van der Waals surface area contributed by atoms with Gasteiger partial charge in [0.25, 0.3) is 5.89 Å². The Kier molecular flexibility index (Phi) is 4.22. The van der Waals surface area contributed by atoms with Gasteiger partial charge in [-0.15, -0.1) is 0 Å². The highest BCUT2D eigenvalue weighted by molar-refractivity contribution is 7.08.